The van der Waals surface area contributed by atoms with Crippen LogP contribution in [0.5, 0.6) is 0 Å². The highest BCUT2D eigenvalue weighted by atomic mass is 32.2. The molecule has 1 aliphatic carbocycles. The van der Waals surface area contributed by atoms with Crippen LogP contribution in [0.15, 0.2) is 35.5 Å². The minimum atomic E-state index is -0.190. The number of hydrogen-bond acceptors (Lipinski definition) is 4. The molecule has 3 rings (SSSR count). The number of thioether (sulfide) groups is 1. The van der Waals surface area contributed by atoms with Crippen molar-refractivity contribution >= 4 is 17.7 Å². The Bertz CT molecular complexity index is 711. The predicted octanol–water partition coefficient (Wildman–Crippen LogP) is 3.58. The van der Waals surface area contributed by atoms with Crippen LogP contribution in [0, 0.1) is 0 Å². The second-order valence-corrected chi connectivity index (χ2v) is 7.98. The number of benzene rings is 1. The van der Waals surface area contributed by atoms with Gasteiger partial charge in [-0.15, -0.1) is 10.2 Å². The average molecular weight is 359 g/mol. The highest BCUT2D eigenvalue weighted by Gasteiger charge is 2.30. The first-order chi connectivity index (χ1) is 12.1. The van der Waals surface area contributed by atoms with E-state index >= 15 is 0 Å². The Morgan fingerprint density at radius 1 is 1.28 bits per heavy atom. The van der Waals surface area contributed by atoms with Crippen molar-refractivity contribution in [2.45, 2.75) is 62.4 Å². The Labute approximate surface area is 153 Å². The number of rotatable bonds is 8. The quantitative estimate of drug-likeness (QED) is 0.733. The van der Waals surface area contributed by atoms with Gasteiger partial charge >= 0.3 is 0 Å². The van der Waals surface area contributed by atoms with Gasteiger partial charge in [0.2, 0.25) is 5.91 Å². The maximum absolute atomic E-state index is 12.4. The zero-order valence-corrected chi connectivity index (χ0v) is 15.9. The summed E-state index contributed by atoms with van der Waals surface area (Å²) in [6.45, 7) is 7.65. The van der Waals surface area contributed by atoms with Crippen LogP contribution in [0.1, 0.15) is 56.8 Å². The molecule has 1 aromatic heterocycles. The van der Waals surface area contributed by atoms with Crippen LogP contribution < -0.4 is 5.32 Å². The highest BCUT2D eigenvalue weighted by Crippen LogP contribution is 2.40. The first-order valence-electron chi connectivity index (χ1n) is 9.02. The lowest BCUT2D eigenvalue weighted by atomic mass is 10.0. The highest BCUT2D eigenvalue weighted by molar-refractivity contribution is 8.00. The van der Waals surface area contributed by atoms with Crippen LogP contribution in [0.2, 0.25) is 0 Å². The Morgan fingerprint density at radius 3 is 2.64 bits per heavy atom. The molecule has 1 N–H and O–H groups in total. The SMILES string of the molecule is CCn1c(SC(C)C(=O)NCC(C)c2ccccc2)nnc1C1CC1. The molecular weight excluding hydrogens is 332 g/mol. The van der Waals surface area contributed by atoms with Gasteiger partial charge in [-0.05, 0) is 38.2 Å². The van der Waals surface area contributed by atoms with E-state index in [9.17, 15) is 4.79 Å². The molecule has 1 heterocycles. The van der Waals surface area contributed by atoms with Gasteiger partial charge in [0.15, 0.2) is 5.16 Å². The fourth-order valence-corrected chi connectivity index (χ4v) is 3.78. The van der Waals surface area contributed by atoms with Crippen molar-refractivity contribution in [2.24, 2.45) is 0 Å². The van der Waals surface area contributed by atoms with Crippen molar-refractivity contribution in [3.8, 4) is 0 Å². The van der Waals surface area contributed by atoms with E-state index in [1.165, 1.54) is 30.2 Å². The second kappa shape index (κ2) is 8.04. The molecule has 0 saturated heterocycles. The van der Waals surface area contributed by atoms with E-state index in [0.717, 1.165) is 17.5 Å². The number of hydrogen-bond donors (Lipinski definition) is 1. The van der Waals surface area contributed by atoms with Crippen LogP contribution in [0.25, 0.3) is 0 Å². The minimum Gasteiger partial charge on any atom is -0.355 e. The second-order valence-electron chi connectivity index (χ2n) is 6.68. The fourth-order valence-electron chi connectivity index (χ4n) is 2.84. The Balaban J connectivity index is 1.54. The molecule has 1 fully saturated rings. The third-order valence-electron chi connectivity index (χ3n) is 4.61. The number of carbonyl (C=O) groups is 1. The predicted molar refractivity (Wildman–Crippen MR) is 101 cm³/mol. The van der Waals surface area contributed by atoms with Crippen molar-refractivity contribution in [1.82, 2.24) is 20.1 Å². The summed E-state index contributed by atoms with van der Waals surface area (Å²) >= 11 is 1.49. The lowest BCUT2D eigenvalue weighted by molar-refractivity contribution is -0.120. The van der Waals surface area contributed by atoms with E-state index in [1.807, 2.05) is 25.1 Å². The van der Waals surface area contributed by atoms with Gasteiger partial charge in [-0.1, -0.05) is 49.0 Å². The molecule has 0 aliphatic heterocycles. The number of carbonyl (C=O) groups excluding carboxylic acids is 1. The Kier molecular flexibility index (Phi) is 5.78. The molecule has 1 amide bonds. The number of nitrogens with zero attached hydrogens (tertiary/aromatic N) is 3. The topological polar surface area (TPSA) is 59.8 Å². The molecule has 1 aliphatic rings. The van der Waals surface area contributed by atoms with Crippen LogP contribution >= 0.6 is 11.8 Å². The molecule has 134 valence electrons. The molecule has 5 nitrogen and oxygen atoms in total. The summed E-state index contributed by atoms with van der Waals surface area (Å²) in [5.41, 5.74) is 1.24. The lowest BCUT2D eigenvalue weighted by Gasteiger charge is -2.16. The lowest BCUT2D eigenvalue weighted by Crippen LogP contribution is -2.33. The summed E-state index contributed by atoms with van der Waals surface area (Å²) in [5, 5.41) is 12.4. The standard InChI is InChI=1S/C19H26N4OS/c1-4-23-17(16-10-11-16)21-22-19(23)25-14(3)18(24)20-12-13(2)15-8-6-5-7-9-15/h5-9,13-14,16H,4,10-12H2,1-3H3,(H,20,24). The van der Waals surface area contributed by atoms with Crippen LogP contribution in [0.3, 0.4) is 0 Å². The molecule has 6 heteroatoms. The third kappa shape index (κ3) is 4.42. The summed E-state index contributed by atoms with van der Waals surface area (Å²) < 4.78 is 2.15. The van der Waals surface area contributed by atoms with Crippen LogP contribution in [-0.4, -0.2) is 32.5 Å². The summed E-state index contributed by atoms with van der Waals surface area (Å²) in [7, 11) is 0. The molecule has 1 aromatic carbocycles. The fraction of sp³-hybridized carbons (Fsp3) is 0.526. The van der Waals surface area contributed by atoms with Crippen LogP contribution in [-0.2, 0) is 11.3 Å². The smallest absolute Gasteiger partial charge is 0.233 e. The van der Waals surface area contributed by atoms with Crippen molar-refractivity contribution in [2.75, 3.05) is 6.54 Å². The monoisotopic (exact) mass is 358 g/mol. The van der Waals surface area contributed by atoms with Gasteiger partial charge in [-0.25, -0.2) is 0 Å². The first-order valence-corrected chi connectivity index (χ1v) is 9.90. The molecule has 0 radical (unpaired) electrons. The molecular formula is C19H26N4OS. The van der Waals surface area contributed by atoms with Crippen LogP contribution in [0.4, 0.5) is 0 Å². The van der Waals surface area contributed by atoms with Gasteiger partial charge in [0.25, 0.3) is 0 Å². The van der Waals surface area contributed by atoms with Gasteiger partial charge < -0.3 is 9.88 Å². The molecule has 1 saturated carbocycles. The van der Waals surface area contributed by atoms with E-state index in [0.29, 0.717) is 18.4 Å². The van der Waals surface area contributed by atoms with Crippen molar-refractivity contribution < 1.29 is 4.79 Å². The van der Waals surface area contributed by atoms with Gasteiger partial charge in [-0.2, -0.15) is 0 Å². The maximum atomic E-state index is 12.4. The number of aromatic nitrogens is 3. The summed E-state index contributed by atoms with van der Waals surface area (Å²) in [6, 6.07) is 10.3. The molecule has 25 heavy (non-hydrogen) atoms. The zero-order chi connectivity index (χ0) is 17.8. The number of amides is 1. The van der Waals surface area contributed by atoms with Crippen molar-refractivity contribution in [1.29, 1.82) is 0 Å². The van der Waals surface area contributed by atoms with Crippen molar-refractivity contribution in [3.05, 3.63) is 41.7 Å². The van der Waals surface area contributed by atoms with E-state index < -0.39 is 0 Å². The van der Waals surface area contributed by atoms with Gasteiger partial charge in [0, 0.05) is 19.0 Å². The Morgan fingerprint density at radius 2 is 2.00 bits per heavy atom. The van der Waals surface area contributed by atoms with Gasteiger partial charge in [0.05, 0.1) is 5.25 Å². The largest absolute Gasteiger partial charge is 0.355 e. The van der Waals surface area contributed by atoms with Gasteiger partial charge in [-0.3, -0.25) is 4.79 Å². The molecule has 2 atom stereocenters. The van der Waals surface area contributed by atoms with E-state index in [4.69, 9.17) is 0 Å². The minimum absolute atomic E-state index is 0.0476. The normalized spacial score (nSPS) is 16.4. The first kappa shape index (κ1) is 18.0. The van der Waals surface area contributed by atoms with Gasteiger partial charge in [0.1, 0.15) is 5.82 Å². The summed E-state index contributed by atoms with van der Waals surface area (Å²) in [5.74, 6) is 1.99. The third-order valence-corrected chi connectivity index (χ3v) is 5.69. The molecule has 0 spiro atoms. The average Bonchev–Trinajstić information content (AvgIpc) is 3.41. The van der Waals surface area contributed by atoms with E-state index in [2.05, 4.69) is 46.1 Å². The van der Waals surface area contributed by atoms with Crippen molar-refractivity contribution in [3.63, 3.8) is 0 Å². The number of nitrogens with one attached hydrogen (secondary N) is 1. The zero-order valence-electron chi connectivity index (χ0n) is 15.1. The molecule has 2 aromatic rings. The van der Waals surface area contributed by atoms with E-state index in [1.54, 1.807) is 0 Å². The maximum Gasteiger partial charge on any atom is 0.233 e. The Hall–Kier alpha value is -1.82. The summed E-state index contributed by atoms with van der Waals surface area (Å²) in [6.07, 6.45) is 2.41. The van der Waals surface area contributed by atoms with E-state index in [-0.39, 0.29) is 11.2 Å². The molecule has 2 unspecified atom stereocenters. The molecule has 0 bridgehead atoms. The summed E-state index contributed by atoms with van der Waals surface area (Å²) in [4.78, 5) is 12.4.